The van der Waals surface area contributed by atoms with E-state index in [2.05, 4.69) is 22.1 Å². The molecule has 4 N–H and O–H groups in total. The van der Waals surface area contributed by atoms with Crippen LogP contribution in [0.1, 0.15) is 69.8 Å². The van der Waals surface area contributed by atoms with Crippen LogP contribution >= 0.6 is 0 Å². The van der Waals surface area contributed by atoms with E-state index >= 15 is 0 Å². The number of nitrogens with zero attached hydrogens (tertiary/aromatic N) is 2. The molecule has 2 aromatic rings. The first-order chi connectivity index (χ1) is 20.0. The molecule has 43 heavy (non-hydrogen) atoms. The van der Waals surface area contributed by atoms with Gasteiger partial charge in [-0.2, -0.15) is 8.78 Å². The topological polar surface area (TPSA) is 153 Å². The molecule has 2 fully saturated rings. The summed E-state index contributed by atoms with van der Waals surface area (Å²) in [6.07, 6.45) is 0.245. The molecule has 1 aromatic carbocycles. The second kappa shape index (κ2) is 11.8. The summed E-state index contributed by atoms with van der Waals surface area (Å²) in [5.74, 6) is 0.443. The number of halogens is 2. The minimum atomic E-state index is -3.49. The molecule has 3 heterocycles. The van der Waals surface area contributed by atoms with Gasteiger partial charge in [0.25, 0.3) is 11.8 Å². The fraction of sp³-hybridized carbons (Fsp3) is 0.533. The number of rotatable bonds is 6. The van der Waals surface area contributed by atoms with Gasteiger partial charge in [-0.15, -0.1) is 0 Å². The fourth-order valence-corrected chi connectivity index (χ4v) is 4.72. The second-order valence-corrected chi connectivity index (χ2v) is 12.0. The normalized spacial score (nSPS) is 19.4. The highest BCUT2D eigenvalue weighted by atomic mass is 19.3. The van der Waals surface area contributed by atoms with Crippen LogP contribution in [-0.4, -0.2) is 81.9 Å². The Labute approximate surface area is 248 Å². The number of alkyl halides is 2. The van der Waals surface area contributed by atoms with Crippen LogP contribution in [0.3, 0.4) is 0 Å². The van der Waals surface area contributed by atoms with Gasteiger partial charge < -0.3 is 35.3 Å². The first-order valence-electron chi connectivity index (χ1n) is 13.9. The van der Waals surface area contributed by atoms with E-state index in [4.69, 9.17) is 19.9 Å². The van der Waals surface area contributed by atoms with Crippen LogP contribution in [0.2, 0.25) is 0 Å². The number of pyridine rings is 1. The van der Waals surface area contributed by atoms with E-state index < -0.39 is 47.5 Å². The van der Waals surface area contributed by atoms with Gasteiger partial charge >= 0.3 is 12.0 Å². The minimum absolute atomic E-state index is 0.0408. The van der Waals surface area contributed by atoms with Gasteiger partial charge in [0.05, 0.1) is 23.3 Å². The van der Waals surface area contributed by atoms with Crippen molar-refractivity contribution in [1.29, 1.82) is 0 Å². The van der Waals surface area contributed by atoms with Crippen molar-refractivity contribution in [1.82, 2.24) is 15.2 Å². The van der Waals surface area contributed by atoms with E-state index in [1.165, 1.54) is 23.2 Å². The Bertz CT molecular complexity index is 1490. The molecule has 1 atom stereocenters. The highest BCUT2D eigenvalue weighted by Crippen LogP contribution is 2.34. The molecule has 3 amide bonds. The highest BCUT2D eigenvalue weighted by molar-refractivity contribution is 6.03. The van der Waals surface area contributed by atoms with Crippen LogP contribution < -0.4 is 20.5 Å². The van der Waals surface area contributed by atoms with E-state index in [1.807, 2.05) is 0 Å². The maximum atomic E-state index is 13.7. The molecule has 2 aliphatic heterocycles. The number of aromatic nitrogens is 1. The third-order valence-electron chi connectivity index (χ3n) is 6.84. The minimum Gasteiger partial charge on any atom is -0.490 e. The lowest BCUT2D eigenvalue weighted by Gasteiger charge is -2.35. The molecule has 11 nitrogen and oxygen atoms in total. The van der Waals surface area contributed by atoms with Crippen molar-refractivity contribution < 1.29 is 42.5 Å². The zero-order valence-electron chi connectivity index (χ0n) is 24.8. The largest absolute Gasteiger partial charge is 0.490 e. The number of hydrogen-bond acceptors (Lipinski definition) is 8. The molecule has 232 valence electrons. The Kier molecular flexibility index (Phi) is 8.74. The Hall–Kier alpha value is -4.18. The van der Waals surface area contributed by atoms with Gasteiger partial charge in [-0.05, 0) is 46.8 Å². The zero-order valence-corrected chi connectivity index (χ0v) is 24.8. The lowest BCUT2D eigenvalue weighted by Crippen LogP contribution is -2.47. The number of nitrogens with one attached hydrogen (secondary N) is 1. The predicted octanol–water partition coefficient (Wildman–Crippen LogP) is 3.14. The number of ether oxygens (including phenoxy) is 3. The summed E-state index contributed by atoms with van der Waals surface area (Å²) in [4.78, 5) is 42.1. The van der Waals surface area contributed by atoms with Crippen molar-refractivity contribution in [2.45, 2.75) is 83.2 Å². The zero-order chi connectivity index (χ0) is 31.7. The number of likely N-dealkylation sites (tertiary alicyclic amines) is 1. The van der Waals surface area contributed by atoms with E-state index in [9.17, 15) is 28.3 Å². The molecule has 2 aliphatic rings. The molecule has 0 radical (unpaired) electrons. The van der Waals surface area contributed by atoms with Crippen LogP contribution in [0, 0.1) is 11.8 Å². The maximum Gasteiger partial charge on any atom is 0.410 e. The maximum absolute atomic E-state index is 13.7. The van der Waals surface area contributed by atoms with Gasteiger partial charge in [-0.3, -0.25) is 9.59 Å². The van der Waals surface area contributed by atoms with Crippen LogP contribution in [-0.2, 0) is 9.53 Å². The quantitative estimate of drug-likeness (QED) is 0.427. The molecule has 4 rings (SSSR count). The summed E-state index contributed by atoms with van der Waals surface area (Å²) in [5, 5.41) is 14.1. The summed E-state index contributed by atoms with van der Waals surface area (Å²) in [5.41, 5.74) is 4.01. The molecule has 0 bridgehead atoms. The van der Waals surface area contributed by atoms with Gasteiger partial charge in [-0.25, -0.2) is 9.78 Å². The summed E-state index contributed by atoms with van der Waals surface area (Å²) in [7, 11) is 0. The molecule has 0 aliphatic carbocycles. The number of primary amides is 1. The molecule has 0 unspecified atom stereocenters. The number of piperidine rings is 1. The number of benzene rings is 1. The summed E-state index contributed by atoms with van der Waals surface area (Å²) in [6, 6.07) is 2.06. The molecule has 2 saturated heterocycles. The first kappa shape index (κ1) is 31.7. The molecular weight excluding hydrogens is 566 g/mol. The molecular formula is C30H36F2N4O7. The van der Waals surface area contributed by atoms with Crippen molar-refractivity contribution in [3.05, 3.63) is 29.5 Å². The van der Waals surface area contributed by atoms with Crippen LogP contribution in [0.15, 0.2) is 18.3 Å². The lowest BCUT2D eigenvalue weighted by molar-refractivity contribution is -0.139. The predicted molar refractivity (Wildman–Crippen MR) is 152 cm³/mol. The highest BCUT2D eigenvalue weighted by Gasteiger charge is 2.48. The van der Waals surface area contributed by atoms with Gasteiger partial charge in [0.1, 0.15) is 23.6 Å². The summed E-state index contributed by atoms with van der Waals surface area (Å²) >= 11 is 0. The Morgan fingerprint density at radius 3 is 2.47 bits per heavy atom. The number of amides is 3. The average molecular weight is 603 g/mol. The Morgan fingerprint density at radius 1 is 1.23 bits per heavy atom. The van der Waals surface area contributed by atoms with Gasteiger partial charge in [0, 0.05) is 49.3 Å². The molecule has 0 spiro atoms. The van der Waals surface area contributed by atoms with E-state index in [1.54, 1.807) is 34.6 Å². The van der Waals surface area contributed by atoms with Gasteiger partial charge in [-0.1, -0.05) is 11.8 Å². The Morgan fingerprint density at radius 2 is 1.91 bits per heavy atom. The monoisotopic (exact) mass is 602 g/mol. The van der Waals surface area contributed by atoms with Crippen LogP contribution in [0.25, 0.3) is 10.8 Å². The number of fused-ring (bicyclic) bond motifs is 1. The molecule has 13 heteroatoms. The fourth-order valence-electron chi connectivity index (χ4n) is 4.72. The van der Waals surface area contributed by atoms with Crippen molar-refractivity contribution in [2.75, 3.05) is 19.7 Å². The number of carbonyl (C=O) groups excluding carboxylic acids is 3. The van der Waals surface area contributed by atoms with Crippen molar-refractivity contribution in [2.24, 2.45) is 5.73 Å². The second-order valence-electron chi connectivity index (χ2n) is 12.0. The van der Waals surface area contributed by atoms with E-state index in [0.717, 1.165) is 0 Å². The van der Waals surface area contributed by atoms with E-state index in [0.29, 0.717) is 16.3 Å². The molecule has 1 aromatic heterocycles. The smallest absolute Gasteiger partial charge is 0.410 e. The summed E-state index contributed by atoms with van der Waals surface area (Å²) in [6.45, 7) is 9.07. The van der Waals surface area contributed by atoms with Crippen molar-refractivity contribution in [3.8, 4) is 23.5 Å². The van der Waals surface area contributed by atoms with E-state index in [-0.39, 0.29) is 55.8 Å². The van der Waals surface area contributed by atoms with Crippen molar-refractivity contribution >= 4 is 28.7 Å². The van der Waals surface area contributed by atoms with Crippen molar-refractivity contribution in [3.63, 3.8) is 0 Å². The third kappa shape index (κ3) is 7.62. The lowest BCUT2D eigenvalue weighted by atomic mass is 9.91. The number of aliphatic hydroxyl groups is 1. The average Bonchev–Trinajstić information content (AvgIpc) is 3.15. The Balaban J connectivity index is 1.65. The number of nitrogens with two attached hydrogens (primary N) is 1. The van der Waals surface area contributed by atoms with Crippen LogP contribution in [0.5, 0.6) is 11.6 Å². The first-order valence-corrected chi connectivity index (χ1v) is 13.9. The summed E-state index contributed by atoms with van der Waals surface area (Å²) < 4.78 is 44.4. The SMILES string of the molecule is CC(C)Oc1cc2c(OC[C@@H]3CC(F)(F)C(=O)N3)ncc(C#CC3(O)CCN(C(=O)OC(C)(C)C)CC3)c2cc1C(N)=O. The van der Waals surface area contributed by atoms with Crippen LogP contribution in [0.4, 0.5) is 13.6 Å². The number of hydrogen-bond donors (Lipinski definition) is 3. The van der Waals surface area contributed by atoms with Gasteiger partial charge in [0.2, 0.25) is 5.88 Å². The standard InChI is InChI=1S/C30H36F2N4O7/c1-17(2)42-23-13-21-20(12-22(23)24(33)37)18(15-34-25(21)41-16-19-14-30(31,32)26(38)35-19)6-7-29(40)8-10-36(11-9-29)27(39)43-28(3,4)5/h12-13,15,17,19,40H,8-11,14,16H2,1-5H3,(H2,33,37)(H,35,38)/t19-/m0/s1. The molecule has 0 saturated carbocycles. The third-order valence-corrected chi connectivity index (χ3v) is 6.84. The van der Waals surface area contributed by atoms with Gasteiger partial charge in [0.15, 0.2) is 0 Å². The number of carbonyl (C=O) groups is 3.